The summed E-state index contributed by atoms with van der Waals surface area (Å²) in [6, 6.07) is 14.2. The normalized spacial score (nSPS) is 15.1. The smallest absolute Gasteiger partial charge is 0.306 e. The van der Waals surface area contributed by atoms with Gasteiger partial charge in [-0.05, 0) is 60.9 Å². The van der Waals surface area contributed by atoms with E-state index in [4.69, 9.17) is 16.7 Å². The van der Waals surface area contributed by atoms with Crippen LogP contribution in [0.15, 0.2) is 64.5 Å². The fourth-order valence-electron chi connectivity index (χ4n) is 3.77. The number of carbonyl (C=O) groups excluding carboxylic acids is 1. The number of aromatic nitrogens is 1. The number of carbonyl (C=O) groups is 2. The zero-order valence-corrected chi connectivity index (χ0v) is 18.7. The third kappa shape index (κ3) is 4.97. The first-order valence-corrected chi connectivity index (χ1v) is 11.3. The van der Waals surface area contributed by atoms with E-state index < -0.39 is 5.97 Å². The molecule has 2 aromatic carbocycles. The zero-order chi connectivity index (χ0) is 22.0. The predicted molar refractivity (Wildman–Crippen MR) is 124 cm³/mol. The number of aryl methyl sites for hydroxylation is 1. The van der Waals surface area contributed by atoms with E-state index in [-0.39, 0.29) is 11.8 Å². The van der Waals surface area contributed by atoms with Crippen LogP contribution in [0.2, 0.25) is 5.02 Å². The molecule has 3 aromatic rings. The Morgan fingerprint density at radius 2 is 1.90 bits per heavy atom. The highest BCUT2D eigenvalue weighted by molar-refractivity contribution is 7.99. The van der Waals surface area contributed by atoms with Gasteiger partial charge in [0, 0.05) is 53.1 Å². The Morgan fingerprint density at radius 3 is 2.61 bits per heavy atom. The minimum absolute atomic E-state index is 0.102. The van der Waals surface area contributed by atoms with Gasteiger partial charge in [0.1, 0.15) is 0 Å². The van der Waals surface area contributed by atoms with Gasteiger partial charge in [-0.15, -0.1) is 0 Å². The number of hydrogen-bond donors (Lipinski definition) is 1. The molecule has 0 atom stereocenters. The summed E-state index contributed by atoms with van der Waals surface area (Å²) in [6.45, 7) is 0.949. The molecule has 1 fully saturated rings. The van der Waals surface area contributed by atoms with Crippen LogP contribution in [0.4, 0.5) is 0 Å². The van der Waals surface area contributed by atoms with Gasteiger partial charge in [0.2, 0.25) is 5.91 Å². The number of carboxylic acid groups (broad SMARTS) is 1. The number of halogens is 1. The largest absolute Gasteiger partial charge is 0.481 e. The summed E-state index contributed by atoms with van der Waals surface area (Å²) in [5, 5.41) is 10.9. The second-order valence-electron chi connectivity index (χ2n) is 7.71. The number of aliphatic carboxylic acids is 1. The molecule has 1 aliphatic rings. The van der Waals surface area contributed by atoms with Crippen molar-refractivity contribution < 1.29 is 14.7 Å². The van der Waals surface area contributed by atoms with Gasteiger partial charge in [-0.1, -0.05) is 29.4 Å². The van der Waals surface area contributed by atoms with Gasteiger partial charge in [-0.3, -0.25) is 9.59 Å². The highest BCUT2D eigenvalue weighted by Crippen LogP contribution is 2.35. The van der Waals surface area contributed by atoms with Crippen LogP contribution in [0.5, 0.6) is 0 Å². The maximum atomic E-state index is 12.4. The molecule has 31 heavy (non-hydrogen) atoms. The van der Waals surface area contributed by atoms with Crippen LogP contribution in [0.25, 0.3) is 17.0 Å². The monoisotopic (exact) mass is 454 g/mol. The first-order valence-electron chi connectivity index (χ1n) is 10.1. The first kappa shape index (κ1) is 21.5. The summed E-state index contributed by atoms with van der Waals surface area (Å²) in [6.07, 6.45) is 6.33. The predicted octanol–water partition coefficient (Wildman–Crippen LogP) is 5.32. The van der Waals surface area contributed by atoms with Gasteiger partial charge in [-0.25, -0.2) is 0 Å². The molecule has 1 amide bonds. The van der Waals surface area contributed by atoms with Crippen LogP contribution in [-0.4, -0.2) is 39.5 Å². The molecular weight excluding hydrogens is 432 g/mol. The van der Waals surface area contributed by atoms with Crippen LogP contribution >= 0.6 is 23.4 Å². The standard InChI is InChI=1S/C24H23ClN2O3S/c1-26-11-8-18-15-19(4-5-21(18)26)31-22-6-2-16(14-20(22)25)3-7-23(28)27-12-9-17(10-13-27)24(29)30/h2-8,11,14-15,17H,9-10,12-13H2,1H3,(H,29,30)/b7-3+. The molecule has 160 valence electrons. The average Bonchev–Trinajstić information content (AvgIpc) is 3.14. The average molecular weight is 455 g/mol. The third-order valence-corrected chi connectivity index (χ3v) is 7.10. The number of piperidine rings is 1. The number of hydrogen-bond acceptors (Lipinski definition) is 3. The van der Waals surface area contributed by atoms with E-state index in [0.29, 0.717) is 31.0 Å². The first-order chi connectivity index (χ1) is 14.9. The van der Waals surface area contributed by atoms with Crippen molar-refractivity contribution in [1.82, 2.24) is 9.47 Å². The van der Waals surface area contributed by atoms with Crippen molar-refractivity contribution in [2.24, 2.45) is 13.0 Å². The molecule has 1 aromatic heterocycles. The van der Waals surface area contributed by atoms with Gasteiger partial charge in [0.15, 0.2) is 0 Å². The molecule has 0 radical (unpaired) electrons. The van der Waals surface area contributed by atoms with E-state index in [1.165, 1.54) is 17.0 Å². The second-order valence-corrected chi connectivity index (χ2v) is 9.23. The van der Waals surface area contributed by atoms with Crippen LogP contribution < -0.4 is 0 Å². The Balaban J connectivity index is 1.40. The second kappa shape index (κ2) is 9.20. The molecule has 1 aliphatic heterocycles. The summed E-state index contributed by atoms with van der Waals surface area (Å²) >= 11 is 8.11. The highest BCUT2D eigenvalue weighted by Gasteiger charge is 2.25. The molecule has 5 nitrogen and oxygen atoms in total. The Bertz CT molecular complexity index is 1160. The topological polar surface area (TPSA) is 62.5 Å². The number of nitrogens with zero attached hydrogens (tertiary/aromatic N) is 2. The zero-order valence-electron chi connectivity index (χ0n) is 17.1. The van der Waals surface area contributed by atoms with Crippen molar-refractivity contribution >= 4 is 52.2 Å². The van der Waals surface area contributed by atoms with Crippen LogP contribution in [0.1, 0.15) is 18.4 Å². The summed E-state index contributed by atoms with van der Waals surface area (Å²) in [5.41, 5.74) is 2.04. The van der Waals surface area contributed by atoms with Crippen molar-refractivity contribution in [1.29, 1.82) is 0 Å². The molecule has 0 unspecified atom stereocenters. The van der Waals surface area contributed by atoms with Crippen LogP contribution in [-0.2, 0) is 16.6 Å². The quantitative estimate of drug-likeness (QED) is 0.530. The molecule has 7 heteroatoms. The minimum Gasteiger partial charge on any atom is -0.481 e. The Hall–Kier alpha value is -2.70. The van der Waals surface area contributed by atoms with Gasteiger partial charge >= 0.3 is 5.97 Å². The van der Waals surface area contributed by atoms with E-state index in [0.717, 1.165) is 15.4 Å². The van der Waals surface area contributed by atoms with Gasteiger partial charge in [0.05, 0.1) is 10.9 Å². The molecular formula is C24H23ClN2O3S. The van der Waals surface area contributed by atoms with Crippen LogP contribution in [0, 0.1) is 5.92 Å². The number of rotatable bonds is 5. The summed E-state index contributed by atoms with van der Waals surface area (Å²) < 4.78 is 2.09. The molecule has 1 saturated heterocycles. The molecule has 0 spiro atoms. The van der Waals surface area contributed by atoms with Gasteiger partial charge < -0.3 is 14.6 Å². The van der Waals surface area contributed by atoms with Crippen LogP contribution in [0.3, 0.4) is 0 Å². The third-order valence-electron chi connectivity index (χ3n) is 5.61. The van der Waals surface area contributed by atoms with E-state index in [9.17, 15) is 9.59 Å². The minimum atomic E-state index is -0.779. The summed E-state index contributed by atoms with van der Waals surface area (Å²) in [4.78, 5) is 27.2. The van der Waals surface area contributed by atoms with Crippen molar-refractivity contribution in [3.63, 3.8) is 0 Å². The molecule has 0 saturated carbocycles. The Morgan fingerprint density at radius 1 is 1.13 bits per heavy atom. The number of benzene rings is 2. The number of likely N-dealkylation sites (tertiary alicyclic amines) is 1. The van der Waals surface area contributed by atoms with Gasteiger partial charge in [-0.2, -0.15) is 0 Å². The molecule has 4 rings (SSSR count). The van der Waals surface area contributed by atoms with Crippen molar-refractivity contribution in [3.05, 3.63) is 65.3 Å². The Labute approximate surface area is 190 Å². The fourth-order valence-corrected chi connectivity index (χ4v) is 4.95. The van der Waals surface area contributed by atoms with Crippen molar-refractivity contribution in [2.45, 2.75) is 22.6 Å². The fraction of sp³-hybridized carbons (Fsp3) is 0.250. The van der Waals surface area contributed by atoms with E-state index in [1.54, 1.807) is 22.7 Å². The lowest BCUT2D eigenvalue weighted by Gasteiger charge is -2.29. The molecule has 0 bridgehead atoms. The maximum absolute atomic E-state index is 12.4. The highest BCUT2D eigenvalue weighted by atomic mass is 35.5. The summed E-state index contributed by atoms with van der Waals surface area (Å²) in [7, 11) is 2.03. The molecule has 1 N–H and O–H groups in total. The number of amides is 1. The number of carboxylic acids is 1. The van der Waals surface area contributed by atoms with Crippen molar-refractivity contribution in [2.75, 3.05) is 13.1 Å². The maximum Gasteiger partial charge on any atom is 0.306 e. The Kier molecular flexibility index (Phi) is 6.39. The lowest BCUT2D eigenvalue weighted by molar-refractivity contribution is -0.144. The lowest BCUT2D eigenvalue weighted by Crippen LogP contribution is -2.39. The van der Waals surface area contributed by atoms with Gasteiger partial charge in [0.25, 0.3) is 0 Å². The van der Waals surface area contributed by atoms with E-state index >= 15 is 0 Å². The SMILES string of the molecule is Cn1ccc2cc(Sc3ccc(/C=C/C(=O)N4CCC(C(=O)O)CC4)cc3Cl)ccc21. The number of fused-ring (bicyclic) bond motifs is 1. The molecule has 0 aliphatic carbocycles. The van der Waals surface area contributed by atoms with E-state index in [2.05, 4.69) is 28.8 Å². The summed E-state index contributed by atoms with van der Waals surface area (Å²) in [5.74, 6) is -1.23. The lowest BCUT2D eigenvalue weighted by atomic mass is 9.97. The molecule has 2 heterocycles. The van der Waals surface area contributed by atoms with Crippen molar-refractivity contribution in [3.8, 4) is 0 Å². The van der Waals surface area contributed by atoms with E-state index in [1.807, 2.05) is 31.4 Å².